The minimum Gasteiger partial charge on any atom is -0.496 e. The van der Waals surface area contributed by atoms with Crippen molar-refractivity contribution in [2.24, 2.45) is 5.92 Å². The van der Waals surface area contributed by atoms with E-state index < -0.39 is 5.97 Å². The molecule has 0 aliphatic heterocycles. The van der Waals surface area contributed by atoms with Crippen molar-refractivity contribution >= 4 is 17.6 Å². The van der Waals surface area contributed by atoms with Crippen LogP contribution in [0.25, 0.3) is 0 Å². The van der Waals surface area contributed by atoms with Crippen molar-refractivity contribution in [1.82, 2.24) is 0 Å². The summed E-state index contributed by atoms with van der Waals surface area (Å²) in [6, 6.07) is 5.41. The maximum absolute atomic E-state index is 10.9. The van der Waals surface area contributed by atoms with E-state index in [-0.39, 0.29) is 12.3 Å². The van der Waals surface area contributed by atoms with Gasteiger partial charge in [0, 0.05) is 10.9 Å². The first-order valence-corrected chi connectivity index (χ1v) is 6.05. The van der Waals surface area contributed by atoms with Crippen LogP contribution in [0.2, 0.25) is 5.02 Å². The quantitative estimate of drug-likeness (QED) is 0.877. The van der Waals surface area contributed by atoms with Gasteiger partial charge in [0.25, 0.3) is 0 Å². The maximum atomic E-state index is 10.9. The zero-order valence-electron chi connectivity index (χ0n) is 9.65. The topological polar surface area (TPSA) is 46.5 Å². The van der Waals surface area contributed by atoms with E-state index in [2.05, 4.69) is 0 Å². The first-order valence-electron chi connectivity index (χ1n) is 5.67. The fourth-order valence-electron chi connectivity index (χ4n) is 2.21. The molecule has 1 aliphatic rings. The highest BCUT2D eigenvalue weighted by molar-refractivity contribution is 6.30. The summed E-state index contributed by atoms with van der Waals surface area (Å²) < 4.78 is 5.29. The molecule has 92 valence electrons. The summed E-state index contributed by atoms with van der Waals surface area (Å²) in [5.74, 6) is 0.440. The van der Waals surface area contributed by atoms with E-state index in [4.69, 9.17) is 21.4 Å². The van der Waals surface area contributed by atoms with Gasteiger partial charge in [-0.2, -0.15) is 0 Å². The number of aliphatic carboxylic acids is 1. The van der Waals surface area contributed by atoms with Gasteiger partial charge in [-0.15, -0.1) is 0 Å². The first kappa shape index (κ1) is 12.2. The van der Waals surface area contributed by atoms with Crippen LogP contribution in [0.3, 0.4) is 0 Å². The SMILES string of the molecule is COc1cc(Cl)ccc1C(CC(=O)O)C1CC1. The molecule has 0 aromatic heterocycles. The molecule has 0 radical (unpaired) electrons. The van der Waals surface area contributed by atoms with Crippen molar-refractivity contribution in [2.75, 3.05) is 7.11 Å². The molecule has 3 nitrogen and oxygen atoms in total. The van der Waals surface area contributed by atoms with E-state index in [1.807, 2.05) is 6.07 Å². The molecule has 0 heterocycles. The molecule has 0 bridgehead atoms. The number of carboxylic acids is 1. The van der Waals surface area contributed by atoms with Crippen molar-refractivity contribution in [3.8, 4) is 5.75 Å². The normalized spacial score (nSPS) is 16.6. The number of carbonyl (C=O) groups is 1. The molecule has 1 atom stereocenters. The molecule has 4 heteroatoms. The Hall–Kier alpha value is -1.22. The lowest BCUT2D eigenvalue weighted by atomic mass is 9.90. The summed E-state index contributed by atoms with van der Waals surface area (Å²) in [5.41, 5.74) is 0.960. The average molecular weight is 255 g/mol. The van der Waals surface area contributed by atoms with Gasteiger partial charge in [-0.25, -0.2) is 0 Å². The van der Waals surface area contributed by atoms with Gasteiger partial charge < -0.3 is 9.84 Å². The fraction of sp³-hybridized carbons (Fsp3) is 0.462. The Morgan fingerprint density at radius 3 is 2.82 bits per heavy atom. The van der Waals surface area contributed by atoms with Gasteiger partial charge in [0.2, 0.25) is 0 Å². The molecule has 17 heavy (non-hydrogen) atoms. The highest BCUT2D eigenvalue weighted by atomic mass is 35.5. The molecule has 1 aromatic rings. The van der Waals surface area contributed by atoms with E-state index in [9.17, 15) is 4.79 Å². The summed E-state index contributed by atoms with van der Waals surface area (Å²) in [5, 5.41) is 9.58. The second-order valence-corrected chi connectivity index (χ2v) is 4.86. The minimum absolute atomic E-state index is 0.0414. The van der Waals surface area contributed by atoms with Gasteiger partial charge in [0.1, 0.15) is 5.75 Å². The number of rotatable bonds is 5. The van der Waals surface area contributed by atoms with E-state index in [0.717, 1.165) is 18.4 Å². The summed E-state index contributed by atoms with van der Waals surface area (Å²) in [4.78, 5) is 10.9. The van der Waals surface area contributed by atoms with Crippen LogP contribution in [-0.2, 0) is 4.79 Å². The van der Waals surface area contributed by atoms with Crippen LogP contribution >= 0.6 is 11.6 Å². The Bertz CT molecular complexity index is 427. The standard InChI is InChI=1S/C13H15ClO3/c1-17-12-6-9(14)4-5-10(12)11(7-13(15)16)8-2-3-8/h4-6,8,11H,2-3,7H2,1H3,(H,15,16). The highest BCUT2D eigenvalue weighted by Gasteiger charge is 2.35. The molecule has 1 N–H and O–H groups in total. The van der Waals surface area contributed by atoms with E-state index in [1.54, 1.807) is 19.2 Å². The molecule has 1 saturated carbocycles. The van der Waals surface area contributed by atoms with Gasteiger partial charge in [-0.1, -0.05) is 17.7 Å². The summed E-state index contributed by atoms with van der Waals surface area (Å²) in [6.07, 6.45) is 2.36. The molecule has 1 aliphatic carbocycles. The summed E-state index contributed by atoms with van der Waals surface area (Å²) in [7, 11) is 1.58. The molecular formula is C13H15ClO3. The van der Waals surface area contributed by atoms with Crippen molar-refractivity contribution in [3.63, 3.8) is 0 Å². The Kier molecular flexibility index (Phi) is 3.57. The smallest absolute Gasteiger partial charge is 0.303 e. The van der Waals surface area contributed by atoms with E-state index in [0.29, 0.717) is 16.7 Å². The second kappa shape index (κ2) is 4.96. The molecule has 1 aromatic carbocycles. The zero-order chi connectivity index (χ0) is 12.4. The van der Waals surface area contributed by atoms with Crippen LogP contribution in [0.4, 0.5) is 0 Å². The van der Waals surface area contributed by atoms with Crippen molar-refractivity contribution in [3.05, 3.63) is 28.8 Å². The maximum Gasteiger partial charge on any atom is 0.303 e. The third-order valence-corrected chi connectivity index (χ3v) is 3.42. The average Bonchev–Trinajstić information content (AvgIpc) is 3.09. The number of methoxy groups -OCH3 is 1. The third-order valence-electron chi connectivity index (χ3n) is 3.18. The van der Waals surface area contributed by atoms with Crippen LogP contribution in [0.15, 0.2) is 18.2 Å². The molecule has 0 amide bonds. The lowest BCUT2D eigenvalue weighted by molar-refractivity contribution is -0.137. The van der Waals surface area contributed by atoms with Gasteiger partial charge in [0.15, 0.2) is 0 Å². The Morgan fingerprint density at radius 2 is 2.29 bits per heavy atom. The van der Waals surface area contributed by atoms with Crippen LogP contribution in [0, 0.1) is 5.92 Å². The molecule has 1 unspecified atom stereocenters. The Balaban J connectivity index is 2.31. The Morgan fingerprint density at radius 1 is 1.59 bits per heavy atom. The zero-order valence-corrected chi connectivity index (χ0v) is 10.4. The van der Waals surface area contributed by atoms with Gasteiger partial charge in [-0.05, 0) is 36.5 Å². The lowest BCUT2D eigenvalue weighted by Gasteiger charge is -2.18. The van der Waals surface area contributed by atoms with Crippen LogP contribution in [-0.4, -0.2) is 18.2 Å². The predicted molar refractivity (Wildman–Crippen MR) is 65.7 cm³/mol. The number of benzene rings is 1. The van der Waals surface area contributed by atoms with Gasteiger partial charge in [0.05, 0.1) is 13.5 Å². The summed E-state index contributed by atoms with van der Waals surface area (Å²) in [6.45, 7) is 0. The minimum atomic E-state index is -0.765. The highest BCUT2D eigenvalue weighted by Crippen LogP contribution is 2.47. The largest absolute Gasteiger partial charge is 0.496 e. The number of carboxylic acid groups (broad SMARTS) is 1. The van der Waals surface area contributed by atoms with Crippen molar-refractivity contribution in [1.29, 1.82) is 0 Å². The number of hydrogen-bond acceptors (Lipinski definition) is 2. The third kappa shape index (κ3) is 2.91. The number of hydrogen-bond donors (Lipinski definition) is 1. The monoisotopic (exact) mass is 254 g/mol. The number of ether oxygens (including phenoxy) is 1. The molecule has 0 spiro atoms. The van der Waals surface area contributed by atoms with Gasteiger partial charge in [-0.3, -0.25) is 4.79 Å². The fourth-order valence-corrected chi connectivity index (χ4v) is 2.37. The van der Waals surface area contributed by atoms with E-state index >= 15 is 0 Å². The van der Waals surface area contributed by atoms with Gasteiger partial charge >= 0.3 is 5.97 Å². The first-order chi connectivity index (χ1) is 8.11. The Labute approximate surface area is 105 Å². The van der Waals surface area contributed by atoms with Crippen LogP contribution in [0.5, 0.6) is 5.75 Å². The second-order valence-electron chi connectivity index (χ2n) is 4.43. The molecule has 1 fully saturated rings. The molecular weight excluding hydrogens is 240 g/mol. The lowest BCUT2D eigenvalue weighted by Crippen LogP contribution is -2.09. The molecule has 2 rings (SSSR count). The predicted octanol–water partition coefficient (Wildman–Crippen LogP) is 3.32. The number of halogens is 1. The van der Waals surface area contributed by atoms with E-state index in [1.165, 1.54) is 0 Å². The van der Waals surface area contributed by atoms with Crippen molar-refractivity contribution < 1.29 is 14.6 Å². The van der Waals surface area contributed by atoms with Crippen molar-refractivity contribution in [2.45, 2.75) is 25.2 Å². The molecule has 0 saturated heterocycles. The summed E-state index contributed by atoms with van der Waals surface area (Å²) >= 11 is 5.90. The van der Waals surface area contributed by atoms with Crippen LogP contribution < -0.4 is 4.74 Å². The van der Waals surface area contributed by atoms with Crippen LogP contribution in [0.1, 0.15) is 30.7 Å².